The van der Waals surface area contributed by atoms with Crippen LogP contribution in [0.2, 0.25) is 0 Å². The van der Waals surface area contributed by atoms with E-state index in [0.717, 1.165) is 22.3 Å². The van der Waals surface area contributed by atoms with E-state index in [-0.39, 0.29) is 5.75 Å². The number of hydrogen-bond donors (Lipinski definition) is 1. The molecule has 3 aromatic rings. The van der Waals surface area contributed by atoms with E-state index in [1.165, 1.54) is 0 Å². The van der Waals surface area contributed by atoms with Crippen molar-refractivity contribution >= 4 is 20.4 Å². The highest BCUT2D eigenvalue weighted by Crippen LogP contribution is 2.62. The first-order valence-corrected chi connectivity index (χ1v) is 12.1. The highest BCUT2D eigenvalue weighted by molar-refractivity contribution is 8.31. The summed E-state index contributed by atoms with van der Waals surface area (Å²) in [5.41, 5.74) is 2.00. The van der Waals surface area contributed by atoms with Crippen molar-refractivity contribution in [2.45, 2.75) is 16.4 Å². The summed E-state index contributed by atoms with van der Waals surface area (Å²) in [6, 6.07) is 26.1. The Morgan fingerprint density at radius 2 is 1.19 bits per heavy atom. The molecule has 6 heteroatoms. The third-order valence-electron chi connectivity index (χ3n) is 4.01. The zero-order valence-electron chi connectivity index (χ0n) is 15.0. The van der Waals surface area contributed by atoms with Crippen LogP contribution in [0.1, 0.15) is 11.1 Å². The van der Waals surface area contributed by atoms with Crippen molar-refractivity contribution in [2.75, 3.05) is 6.26 Å². The Balaban J connectivity index is 2.14. The summed E-state index contributed by atoms with van der Waals surface area (Å²) in [4.78, 5) is 0.776. The largest absolute Gasteiger partial charge is 0.508 e. The van der Waals surface area contributed by atoms with Crippen molar-refractivity contribution in [2.24, 2.45) is 0 Å². The molecule has 0 unspecified atom stereocenters. The minimum atomic E-state index is -3.71. The van der Waals surface area contributed by atoms with Gasteiger partial charge in [-0.2, -0.15) is 8.42 Å². The number of phenols is 1. The molecule has 1 N–H and O–H groups in total. The molecule has 4 nitrogen and oxygen atoms in total. The Bertz CT molecular complexity index is 928. The Labute approximate surface area is 162 Å². The predicted molar refractivity (Wildman–Crippen MR) is 110 cm³/mol. The van der Waals surface area contributed by atoms with E-state index < -0.39 is 20.4 Å². The number of aromatic hydroxyl groups is 1. The maximum absolute atomic E-state index is 12.2. The molecule has 0 fully saturated rings. The van der Waals surface area contributed by atoms with Gasteiger partial charge >= 0.3 is 0 Å². The van der Waals surface area contributed by atoms with Crippen molar-refractivity contribution in [3.8, 4) is 5.75 Å². The predicted octanol–water partition coefficient (Wildman–Crippen LogP) is 4.85. The van der Waals surface area contributed by atoms with Gasteiger partial charge in [0.15, 0.2) is 0 Å². The average Bonchev–Trinajstić information content (AvgIpc) is 2.62. The van der Waals surface area contributed by atoms with Gasteiger partial charge in [-0.15, -0.1) is 0 Å². The van der Waals surface area contributed by atoms with E-state index in [4.69, 9.17) is 3.63 Å². The molecule has 0 amide bonds. The first-order chi connectivity index (χ1) is 12.9. The summed E-state index contributed by atoms with van der Waals surface area (Å²) >= 11 is 0. The molecule has 142 valence electrons. The maximum Gasteiger partial charge on any atom is 0.273 e. The van der Waals surface area contributed by atoms with Gasteiger partial charge in [-0.05, 0) is 35.4 Å². The molecule has 0 saturated carbocycles. The smallest absolute Gasteiger partial charge is 0.273 e. The van der Waals surface area contributed by atoms with Gasteiger partial charge in [0.05, 0.1) is 6.26 Å². The first-order valence-electron chi connectivity index (χ1n) is 8.43. The number of rotatable bonds is 7. The zero-order valence-corrected chi connectivity index (χ0v) is 16.6. The van der Waals surface area contributed by atoms with Gasteiger partial charge < -0.3 is 5.11 Å². The second-order valence-corrected chi connectivity index (χ2v) is 11.0. The van der Waals surface area contributed by atoms with E-state index in [2.05, 4.69) is 0 Å². The van der Waals surface area contributed by atoms with Crippen LogP contribution in [0.3, 0.4) is 0 Å². The first kappa shape index (κ1) is 19.5. The van der Waals surface area contributed by atoms with Crippen LogP contribution < -0.4 is 0 Å². The Morgan fingerprint density at radius 3 is 1.59 bits per heavy atom. The fourth-order valence-corrected chi connectivity index (χ4v) is 8.04. The van der Waals surface area contributed by atoms with E-state index >= 15 is 0 Å². The minimum Gasteiger partial charge on any atom is -0.508 e. The minimum absolute atomic E-state index is 0.130. The Kier molecular flexibility index (Phi) is 5.89. The summed E-state index contributed by atoms with van der Waals surface area (Å²) in [7, 11) is -5.96. The van der Waals surface area contributed by atoms with Crippen molar-refractivity contribution in [3.63, 3.8) is 0 Å². The molecule has 0 radical (unpaired) electrons. The zero-order chi connectivity index (χ0) is 19.3. The van der Waals surface area contributed by atoms with Crippen molar-refractivity contribution < 1.29 is 17.2 Å². The second kappa shape index (κ2) is 8.17. The summed E-state index contributed by atoms with van der Waals surface area (Å²) in [6.07, 6.45) is 1.09. The lowest BCUT2D eigenvalue weighted by molar-refractivity contribution is 0.475. The molecule has 3 rings (SSSR count). The lowest BCUT2D eigenvalue weighted by atomic mass is 10.2. The molecular weight excluding hydrogens is 380 g/mol. The Hall–Kier alpha value is -2.28. The quantitative estimate of drug-likeness (QED) is 0.614. The van der Waals surface area contributed by atoms with E-state index in [9.17, 15) is 13.5 Å². The van der Waals surface area contributed by atoms with Gasteiger partial charge in [0.1, 0.15) is 5.75 Å². The fourth-order valence-electron chi connectivity index (χ4n) is 2.92. The number of hydrogen-bond acceptors (Lipinski definition) is 4. The third-order valence-corrected chi connectivity index (χ3v) is 8.77. The fraction of sp³-hybridized carbons (Fsp3) is 0.143. The molecule has 0 aliphatic heterocycles. The average molecular weight is 403 g/mol. The topological polar surface area (TPSA) is 63.6 Å². The van der Waals surface area contributed by atoms with Crippen molar-refractivity contribution in [3.05, 3.63) is 96.1 Å². The summed E-state index contributed by atoms with van der Waals surface area (Å²) in [6.45, 7) is 0. The normalized spacial score (nSPS) is 12.6. The molecule has 0 bridgehead atoms. The van der Waals surface area contributed by atoms with Gasteiger partial charge in [-0.1, -0.05) is 71.0 Å². The van der Waals surface area contributed by atoms with Crippen molar-refractivity contribution in [1.29, 1.82) is 0 Å². The monoisotopic (exact) mass is 402 g/mol. The van der Waals surface area contributed by atoms with Gasteiger partial charge in [-0.3, -0.25) is 0 Å². The van der Waals surface area contributed by atoms with Crippen LogP contribution >= 0.6 is 10.3 Å². The molecule has 0 saturated heterocycles. The molecule has 0 spiro atoms. The van der Waals surface area contributed by atoms with Crippen LogP contribution in [0.25, 0.3) is 0 Å². The summed E-state index contributed by atoms with van der Waals surface area (Å²) in [5.74, 6) is 1.05. The van der Waals surface area contributed by atoms with Crippen LogP contribution in [0, 0.1) is 0 Å². The lowest BCUT2D eigenvalue weighted by Gasteiger charge is -2.38. The molecule has 0 aliphatic carbocycles. The molecule has 0 aromatic heterocycles. The van der Waals surface area contributed by atoms with Crippen LogP contribution in [0.15, 0.2) is 89.8 Å². The molecule has 0 heterocycles. The lowest BCUT2D eigenvalue weighted by Crippen LogP contribution is -2.16. The van der Waals surface area contributed by atoms with Gasteiger partial charge in [0, 0.05) is 16.4 Å². The highest BCUT2D eigenvalue weighted by Gasteiger charge is 2.32. The standard InChI is InChI=1S/C21H22O4S2/c1-26(23,24)25-27(16-18-8-4-2-5-9-18,17-19-10-6-3-7-11-19)21-14-12-20(22)13-15-21/h2-15,22H,16-17H2,1H3. The van der Waals surface area contributed by atoms with Crippen LogP contribution in [0.5, 0.6) is 5.75 Å². The Morgan fingerprint density at radius 1 is 0.741 bits per heavy atom. The second-order valence-electron chi connectivity index (χ2n) is 6.34. The SMILES string of the molecule is CS(=O)(=O)OS(Cc1ccccc1)(Cc1ccccc1)c1ccc(O)cc1. The number of benzene rings is 3. The maximum atomic E-state index is 12.2. The molecular formula is C21H22O4S2. The third kappa shape index (κ3) is 5.35. The van der Waals surface area contributed by atoms with Crippen molar-refractivity contribution in [1.82, 2.24) is 0 Å². The summed E-state index contributed by atoms with van der Waals surface area (Å²) in [5, 5.41) is 9.68. The summed E-state index contributed by atoms with van der Waals surface area (Å²) < 4.78 is 30.3. The van der Waals surface area contributed by atoms with Gasteiger partial charge in [0.2, 0.25) is 0 Å². The molecule has 27 heavy (non-hydrogen) atoms. The van der Waals surface area contributed by atoms with E-state index in [1.807, 2.05) is 60.7 Å². The van der Waals surface area contributed by atoms with E-state index in [1.54, 1.807) is 24.3 Å². The van der Waals surface area contributed by atoms with Gasteiger partial charge in [-0.25, -0.2) is 3.63 Å². The van der Waals surface area contributed by atoms with E-state index in [0.29, 0.717) is 11.5 Å². The number of phenolic OH excluding ortho intramolecular Hbond substituents is 1. The van der Waals surface area contributed by atoms with Gasteiger partial charge in [0.25, 0.3) is 10.1 Å². The highest BCUT2D eigenvalue weighted by atomic mass is 32.3. The molecule has 3 aromatic carbocycles. The van der Waals surface area contributed by atoms with Crippen LogP contribution in [-0.4, -0.2) is 19.8 Å². The molecule has 0 atom stereocenters. The van der Waals surface area contributed by atoms with Crippen LogP contribution in [0.4, 0.5) is 0 Å². The van der Waals surface area contributed by atoms with Crippen LogP contribution in [-0.2, 0) is 25.3 Å². The molecule has 0 aliphatic rings.